The molecule has 0 spiro atoms. The molecule has 5 rings (SSSR count). The summed E-state index contributed by atoms with van der Waals surface area (Å²) in [4.78, 5) is 58.1. The standard InChI is InChI=1S/C32H44N4O8/c37-28-12-6-10-23(19-36-13-15-42-16-14-36)44-32(41)29(38)25(17-21-7-2-1-3-8-21)34-31(40)27(20-43-28)35-30(39)26-18-22-9-4-5-11-24(22)33-26/h4-5,9,11,18,21,23,25,27,29,33,38H,1-3,6-8,10,12-17,19-20H2,(H,34,40)(H,35,39)/t23-,25+,27+,29-/m1/s1. The fourth-order valence-electron chi connectivity index (χ4n) is 6.33. The highest BCUT2D eigenvalue weighted by atomic mass is 16.6. The average Bonchev–Trinajstić information content (AvgIpc) is 3.47. The number of carbonyl (C=O) groups is 4. The van der Waals surface area contributed by atoms with Crippen LogP contribution in [-0.4, -0.2) is 102 Å². The van der Waals surface area contributed by atoms with Crippen molar-refractivity contribution in [1.82, 2.24) is 20.5 Å². The number of nitrogens with zero attached hydrogens (tertiary/aromatic N) is 1. The number of aromatic nitrogens is 1. The molecule has 3 heterocycles. The number of para-hydroxylation sites is 1. The number of amides is 2. The van der Waals surface area contributed by atoms with Gasteiger partial charge in [-0.05, 0) is 37.3 Å². The molecule has 2 aliphatic heterocycles. The molecule has 2 saturated heterocycles. The molecular formula is C32H44N4O8. The van der Waals surface area contributed by atoms with Crippen LogP contribution in [0.4, 0.5) is 0 Å². The van der Waals surface area contributed by atoms with Crippen LogP contribution in [0.3, 0.4) is 0 Å². The van der Waals surface area contributed by atoms with Crippen LogP contribution in [0.5, 0.6) is 0 Å². The van der Waals surface area contributed by atoms with Crippen molar-refractivity contribution in [3.63, 3.8) is 0 Å². The molecule has 44 heavy (non-hydrogen) atoms. The van der Waals surface area contributed by atoms with Crippen molar-refractivity contribution in [3.05, 3.63) is 36.0 Å². The van der Waals surface area contributed by atoms with Crippen LogP contribution in [0.1, 0.15) is 68.3 Å². The summed E-state index contributed by atoms with van der Waals surface area (Å²) >= 11 is 0. The van der Waals surface area contributed by atoms with Gasteiger partial charge in [0.05, 0.1) is 19.3 Å². The zero-order chi connectivity index (χ0) is 30.9. The minimum absolute atomic E-state index is 0.0499. The molecule has 0 bridgehead atoms. The van der Waals surface area contributed by atoms with Gasteiger partial charge in [0.2, 0.25) is 5.91 Å². The summed E-state index contributed by atoms with van der Waals surface area (Å²) in [6.45, 7) is 2.64. The van der Waals surface area contributed by atoms with Gasteiger partial charge in [-0.3, -0.25) is 19.3 Å². The smallest absolute Gasteiger partial charge is 0.337 e. The van der Waals surface area contributed by atoms with Crippen molar-refractivity contribution < 1.29 is 38.5 Å². The molecule has 12 heteroatoms. The summed E-state index contributed by atoms with van der Waals surface area (Å²) in [5, 5.41) is 17.6. The topological polar surface area (TPSA) is 159 Å². The van der Waals surface area contributed by atoms with E-state index < -0.39 is 48.0 Å². The molecule has 3 aliphatic rings. The number of hydrogen-bond acceptors (Lipinski definition) is 9. The van der Waals surface area contributed by atoms with E-state index in [1.54, 1.807) is 6.07 Å². The van der Waals surface area contributed by atoms with E-state index in [9.17, 15) is 24.3 Å². The molecule has 0 unspecified atom stereocenters. The van der Waals surface area contributed by atoms with Crippen molar-refractivity contribution in [2.75, 3.05) is 39.5 Å². The number of fused-ring (bicyclic) bond motifs is 1. The highest BCUT2D eigenvalue weighted by molar-refractivity contribution is 6.00. The normalized spacial score (nSPS) is 27.2. The van der Waals surface area contributed by atoms with E-state index in [0.29, 0.717) is 52.1 Å². The molecule has 2 aromatic rings. The summed E-state index contributed by atoms with van der Waals surface area (Å²) in [6, 6.07) is 6.90. The number of hydrogen-bond donors (Lipinski definition) is 4. The number of carbonyl (C=O) groups excluding carboxylic acids is 4. The lowest BCUT2D eigenvalue weighted by atomic mass is 9.83. The summed E-state index contributed by atoms with van der Waals surface area (Å²) in [7, 11) is 0. The number of aliphatic hydroxyl groups excluding tert-OH is 1. The zero-order valence-corrected chi connectivity index (χ0v) is 25.1. The van der Waals surface area contributed by atoms with Crippen LogP contribution in [0, 0.1) is 5.92 Å². The Balaban J connectivity index is 1.33. The van der Waals surface area contributed by atoms with E-state index in [1.165, 1.54) is 0 Å². The van der Waals surface area contributed by atoms with Gasteiger partial charge in [-0.2, -0.15) is 0 Å². The Bertz CT molecular complexity index is 1250. The second kappa shape index (κ2) is 15.5. The molecule has 0 radical (unpaired) electrons. The minimum Gasteiger partial charge on any atom is -0.463 e. The lowest BCUT2D eigenvalue weighted by molar-refractivity contribution is -0.163. The van der Waals surface area contributed by atoms with E-state index >= 15 is 0 Å². The maximum absolute atomic E-state index is 13.7. The van der Waals surface area contributed by atoms with E-state index in [-0.39, 0.29) is 24.6 Å². The van der Waals surface area contributed by atoms with E-state index in [4.69, 9.17) is 14.2 Å². The predicted molar refractivity (Wildman–Crippen MR) is 161 cm³/mol. The first-order valence-electron chi connectivity index (χ1n) is 15.9. The number of nitrogens with one attached hydrogen (secondary N) is 3. The van der Waals surface area contributed by atoms with Gasteiger partial charge in [-0.1, -0.05) is 50.3 Å². The number of esters is 2. The van der Waals surface area contributed by atoms with Crippen LogP contribution in [0.15, 0.2) is 30.3 Å². The minimum atomic E-state index is -1.59. The number of aliphatic hydroxyl groups is 1. The van der Waals surface area contributed by atoms with Crippen molar-refractivity contribution >= 4 is 34.7 Å². The van der Waals surface area contributed by atoms with Gasteiger partial charge in [0.1, 0.15) is 24.4 Å². The van der Waals surface area contributed by atoms with E-state index in [2.05, 4.69) is 20.5 Å². The monoisotopic (exact) mass is 612 g/mol. The average molecular weight is 613 g/mol. The molecule has 3 fully saturated rings. The highest BCUT2D eigenvalue weighted by Crippen LogP contribution is 2.28. The fourth-order valence-corrected chi connectivity index (χ4v) is 6.33. The third kappa shape index (κ3) is 8.80. The van der Waals surface area contributed by atoms with Crippen molar-refractivity contribution in [3.8, 4) is 0 Å². The number of ether oxygens (including phenoxy) is 3. The van der Waals surface area contributed by atoms with Gasteiger partial charge in [-0.15, -0.1) is 0 Å². The first kappa shape index (κ1) is 31.9. The Hall–Kier alpha value is -3.48. The molecule has 4 atom stereocenters. The quantitative estimate of drug-likeness (QED) is 0.358. The Kier molecular flexibility index (Phi) is 11.2. The lowest BCUT2D eigenvalue weighted by Crippen LogP contribution is -2.56. The third-order valence-electron chi connectivity index (χ3n) is 8.83. The first-order chi connectivity index (χ1) is 21.4. The van der Waals surface area contributed by atoms with Crippen molar-refractivity contribution in [1.29, 1.82) is 0 Å². The molecule has 240 valence electrons. The summed E-state index contributed by atoms with van der Waals surface area (Å²) in [6.07, 6.45) is 4.20. The summed E-state index contributed by atoms with van der Waals surface area (Å²) in [5.74, 6) is -2.31. The molecule has 1 aliphatic carbocycles. The first-order valence-corrected chi connectivity index (χ1v) is 15.9. The molecule has 12 nitrogen and oxygen atoms in total. The van der Waals surface area contributed by atoms with Crippen LogP contribution in [0.25, 0.3) is 10.9 Å². The zero-order valence-electron chi connectivity index (χ0n) is 25.1. The van der Waals surface area contributed by atoms with Gasteiger partial charge in [-0.25, -0.2) is 4.79 Å². The third-order valence-corrected chi connectivity index (χ3v) is 8.83. The molecule has 4 N–H and O–H groups in total. The molecule has 1 saturated carbocycles. The number of benzene rings is 1. The van der Waals surface area contributed by atoms with Gasteiger partial charge < -0.3 is 34.9 Å². The number of morpholine rings is 1. The Morgan fingerprint density at radius 3 is 2.57 bits per heavy atom. The van der Waals surface area contributed by atoms with Gasteiger partial charge >= 0.3 is 11.9 Å². The second-order valence-electron chi connectivity index (χ2n) is 12.1. The van der Waals surface area contributed by atoms with Crippen molar-refractivity contribution in [2.45, 2.75) is 82.1 Å². The molecule has 1 aromatic heterocycles. The van der Waals surface area contributed by atoms with Gasteiger partial charge in [0.25, 0.3) is 5.91 Å². The molecule has 1 aromatic carbocycles. The van der Waals surface area contributed by atoms with E-state index in [0.717, 1.165) is 43.0 Å². The van der Waals surface area contributed by atoms with Crippen molar-refractivity contribution in [2.24, 2.45) is 5.92 Å². The number of rotatable bonds is 6. The highest BCUT2D eigenvalue weighted by Gasteiger charge is 2.36. The Labute approximate surface area is 257 Å². The van der Waals surface area contributed by atoms with Crippen LogP contribution in [0.2, 0.25) is 0 Å². The lowest BCUT2D eigenvalue weighted by Gasteiger charge is -2.33. The predicted octanol–water partition coefficient (Wildman–Crippen LogP) is 2.05. The summed E-state index contributed by atoms with van der Waals surface area (Å²) < 4.78 is 16.7. The number of aromatic amines is 1. The maximum Gasteiger partial charge on any atom is 0.337 e. The van der Waals surface area contributed by atoms with Crippen LogP contribution in [-0.2, 0) is 28.6 Å². The van der Waals surface area contributed by atoms with Gasteiger partial charge in [0.15, 0.2) is 6.10 Å². The fraction of sp³-hybridized carbons (Fsp3) is 0.625. The Morgan fingerprint density at radius 2 is 1.80 bits per heavy atom. The number of H-pyrrole nitrogens is 1. The van der Waals surface area contributed by atoms with Crippen LogP contribution < -0.4 is 10.6 Å². The molecule has 2 amide bonds. The maximum atomic E-state index is 13.7. The second-order valence-corrected chi connectivity index (χ2v) is 12.1. The number of cyclic esters (lactones) is 2. The van der Waals surface area contributed by atoms with Gasteiger partial charge in [0, 0.05) is 37.0 Å². The Morgan fingerprint density at radius 1 is 1.02 bits per heavy atom. The molecular weight excluding hydrogens is 568 g/mol. The van der Waals surface area contributed by atoms with Crippen LogP contribution >= 0.6 is 0 Å². The SMILES string of the molecule is O=C1CCC[C@H](CN2CCOCC2)OC(=O)[C@H](O)[C@H](CC2CCCCC2)NC(=O)[C@@H](NC(=O)c2cc3ccccc3[nH]2)CO1. The largest absolute Gasteiger partial charge is 0.463 e. The summed E-state index contributed by atoms with van der Waals surface area (Å²) in [5.41, 5.74) is 1.01. The van der Waals surface area contributed by atoms with E-state index in [1.807, 2.05) is 24.3 Å².